The third-order valence-corrected chi connectivity index (χ3v) is 6.16. The summed E-state index contributed by atoms with van der Waals surface area (Å²) in [7, 11) is 0. The van der Waals surface area contributed by atoms with E-state index in [9.17, 15) is 9.59 Å². The minimum Gasteiger partial charge on any atom is -0.328 e. The van der Waals surface area contributed by atoms with Gasteiger partial charge in [0.25, 0.3) is 5.91 Å². The van der Waals surface area contributed by atoms with Crippen LogP contribution in [0.15, 0.2) is 76.5 Å². The summed E-state index contributed by atoms with van der Waals surface area (Å²) in [5.74, 6) is -0.228. The van der Waals surface area contributed by atoms with Crippen molar-refractivity contribution in [2.24, 2.45) is 0 Å². The maximum Gasteiger partial charge on any atom is 0.255 e. The molecule has 0 radical (unpaired) electrons. The van der Waals surface area contributed by atoms with Crippen molar-refractivity contribution in [3.05, 3.63) is 77.9 Å². The number of hydrogen-bond acceptors (Lipinski definition) is 5. The van der Waals surface area contributed by atoms with Crippen molar-refractivity contribution in [1.82, 2.24) is 0 Å². The molecule has 31 heavy (non-hydrogen) atoms. The fourth-order valence-corrected chi connectivity index (χ4v) is 4.37. The van der Waals surface area contributed by atoms with Crippen LogP contribution in [0.25, 0.3) is 0 Å². The Morgan fingerprint density at radius 3 is 2.42 bits per heavy atom. The molecule has 2 amide bonds. The van der Waals surface area contributed by atoms with Gasteiger partial charge in [0.05, 0.1) is 5.69 Å². The zero-order valence-corrected chi connectivity index (χ0v) is 19.3. The smallest absolute Gasteiger partial charge is 0.255 e. The van der Waals surface area contributed by atoms with Crippen molar-refractivity contribution >= 4 is 53.1 Å². The van der Waals surface area contributed by atoms with E-state index < -0.39 is 0 Å². The second-order valence-electron chi connectivity index (χ2n) is 7.19. The first-order valence-electron chi connectivity index (χ1n) is 9.86. The summed E-state index contributed by atoms with van der Waals surface area (Å²) in [6, 6.07) is 21.1. The molecule has 3 aromatic carbocycles. The van der Waals surface area contributed by atoms with Gasteiger partial charge in [0.15, 0.2) is 0 Å². The summed E-state index contributed by atoms with van der Waals surface area (Å²) in [6.45, 7) is 6.21. The second-order valence-corrected chi connectivity index (χ2v) is 9.69. The Kier molecular flexibility index (Phi) is 8.03. The van der Waals surface area contributed by atoms with Crippen molar-refractivity contribution in [2.45, 2.75) is 35.8 Å². The largest absolute Gasteiger partial charge is 0.328 e. The Morgan fingerprint density at radius 1 is 0.968 bits per heavy atom. The van der Waals surface area contributed by atoms with Gasteiger partial charge in [-0.2, -0.15) is 0 Å². The predicted octanol–water partition coefficient (Wildman–Crippen LogP) is 6.44. The SMILES string of the molecule is Cc1cccc(NSc2ccc(NC(=O)c3ccc(SC(C)C)c(NC=O)c3)cc2)c1. The highest BCUT2D eigenvalue weighted by atomic mass is 32.2. The van der Waals surface area contributed by atoms with Crippen LogP contribution in [-0.4, -0.2) is 17.6 Å². The highest BCUT2D eigenvalue weighted by Gasteiger charge is 2.12. The lowest BCUT2D eigenvalue weighted by atomic mass is 10.2. The number of amides is 2. The van der Waals surface area contributed by atoms with E-state index in [4.69, 9.17) is 0 Å². The number of thioether (sulfide) groups is 1. The molecular weight excluding hydrogens is 426 g/mol. The van der Waals surface area contributed by atoms with Gasteiger partial charge in [0, 0.05) is 32.0 Å². The maximum absolute atomic E-state index is 12.7. The molecule has 3 rings (SSSR count). The summed E-state index contributed by atoms with van der Waals surface area (Å²) in [5.41, 5.74) is 4.06. The molecule has 0 aliphatic heterocycles. The summed E-state index contributed by atoms with van der Waals surface area (Å²) in [6.07, 6.45) is 0.628. The van der Waals surface area contributed by atoms with Gasteiger partial charge in [-0.3, -0.25) is 9.59 Å². The van der Waals surface area contributed by atoms with Crippen molar-refractivity contribution in [2.75, 3.05) is 15.4 Å². The summed E-state index contributed by atoms with van der Waals surface area (Å²) in [5, 5.41) is 5.96. The molecule has 0 saturated heterocycles. The Hall–Kier alpha value is -2.90. The molecule has 3 N–H and O–H groups in total. The van der Waals surface area contributed by atoms with Crippen LogP contribution in [0.1, 0.15) is 29.8 Å². The van der Waals surface area contributed by atoms with Crippen LogP contribution in [-0.2, 0) is 4.79 Å². The van der Waals surface area contributed by atoms with Crippen molar-refractivity contribution in [3.63, 3.8) is 0 Å². The Morgan fingerprint density at radius 2 is 1.74 bits per heavy atom. The van der Waals surface area contributed by atoms with E-state index in [1.807, 2.05) is 42.5 Å². The zero-order valence-electron chi connectivity index (χ0n) is 17.6. The molecular formula is C24H25N3O2S2. The van der Waals surface area contributed by atoms with Crippen LogP contribution in [0.3, 0.4) is 0 Å². The lowest BCUT2D eigenvalue weighted by Crippen LogP contribution is -2.12. The van der Waals surface area contributed by atoms with E-state index in [2.05, 4.69) is 48.3 Å². The van der Waals surface area contributed by atoms with Crippen LogP contribution < -0.4 is 15.4 Å². The molecule has 7 heteroatoms. The van der Waals surface area contributed by atoms with Gasteiger partial charge in [-0.25, -0.2) is 0 Å². The minimum atomic E-state index is -0.228. The molecule has 0 aliphatic carbocycles. The molecule has 0 heterocycles. The van der Waals surface area contributed by atoms with Crippen molar-refractivity contribution in [3.8, 4) is 0 Å². The second kappa shape index (κ2) is 10.9. The lowest BCUT2D eigenvalue weighted by molar-refractivity contribution is -0.105. The first-order valence-corrected chi connectivity index (χ1v) is 11.6. The average molecular weight is 452 g/mol. The number of anilines is 3. The third-order valence-electron chi connectivity index (χ3n) is 4.24. The topological polar surface area (TPSA) is 70.2 Å². The molecule has 0 atom stereocenters. The van der Waals surface area contributed by atoms with Crippen LogP contribution in [0, 0.1) is 6.92 Å². The van der Waals surface area contributed by atoms with Crippen LogP contribution in [0.2, 0.25) is 0 Å². The van der Waals surface area contributed by atoms with Gasteiger partial charge in [-0.15, -0.1) is 11.8 Å². The lowest BCUT2D eigenvalue weighted by Gasteiger charge is -2.13. The molecule has 0 fully saturated rings. The Bertz CT molecular complexity index is 1050. The minimum absolute atomic E-state index is 0.228. The maximum atomic E-state index is 12.7. The first kappa shape index (κ1) is 22.8. The molecule has 0 spiro atoms. The highest BCUT2D eigenvalue weighted by molar-refractivity contribution is 8.00. The quantitative estimate of drug-likeness (QED) is 0.198. The average Bonchev–Trinajstić information content (AvgIpc) is 2.74. The van der Waals surface area contributed by atoms with Gasteiger partial charge in [-0.1, -0.05) is 26.0 Å². The fourth-order valence-electron chi connectivity index (χ4n) is 2.84. The normalized spacial score (nSPS) is 10.6. The van der Waals surface area contributed by atoms with E-state index in [0.29, 0.717) is 28.6 Å². The van der Waals surface area contributed by atoms with Gasteiger partial charge in [-0.05, 0) is 79.0 Å². The number of rotatable bonds is 9. The van der Waals surface area contributed by atoms with Gasteiger partial charge < -0.3 is 15.4 Å². The van der Waals surface area contributed by atoms with Crippen LogP contribution >= 0.6 is 23.7 Å². The Balaban J connectivity index is 1.63. The first-order chi connectivity index (χ1) is 14.9. The number of carbonyl (C=O) groups is 2. The molecule has 0 saturated carbocycles. The van der Waals surface area contributed by atoms with Gasteiger partial charge in [0.2, 0.25) is 6.41 Å². The molecule has 0 aromatic heterocycles. The molecule has 0 aliphatic rings. The standard InChI is InChI=1S/C24H25N3O2S2/c1-16(2)30-23-12-7-18(14-22(23)25-15-28)24(29)26-19-8-10-21(11-9-19)31-27-20-6-4-5-17(3)13-20/h4-16,27H,1-3H3,(H,25,28)(H,26,29). The van der Waals surface area contributed by atoms with Crippen LogP contribution in [0.4, 0.5) is 17.1 Å². The van der Waals surface area contributed by atoms with E-state index in [1.54, 1.807) is 23.9 Å². The number of nitrogens with one attached hydrogen (secondary N) is 3. The van der Waals surface area contributed by atoms with E-state index >= 15 is 0 Å². The molecule has 0 bridgehead atoms. The number of hydrogen-bond donors (Lipinski definition) is 3. The Labute approximate surface area is 191 Å². The number of carbonyl (C=O) groups excluding carboxylic acids is 2. The molecule has 0 unspecified atom stereocenters. The third kappa shape index (κ3) is 6.80. The van der Waals surface area contributed by atoms with Crippen molar-refractivity contribution < 1.29 is 9.59 Å². The van der Waals surface area contributed by atoms with Crippen molar-refractivity contribution in [1.29, 1.82) is 0 Å². The highest BCUT2D eigenvalue weighted by Crippen LogP contribution is 2.31. The number of benzene rings is 3. The van der Waals surface area contributed by atoms with E-state index in [-0.39, 0.29) is 5.91 Å². The molecule has 160 valence electrons. The summed E-state index contributed by atoms with van der Waals surface area (Å²) >= 11 is 3.15. The van der Waals surface area contributed by atoms with Gasteiger partial charge in [0.1, 0.15) is 0 Å². The van der Waals surface area contributed by atoms with Crippen LogP contribution in [0.5, 0.6) is 0 Å². The fraction of sp³-hybridized carbons (Fsp3) is 0.167. The molecule has 5 nitrogen and oxygen atoms in total. The summed E-state index contributed by atoms with van der Waals surface area (Å²) < 4.78 is 3.32. The van der Waals surface area contributed by atoms with E-state index in [0.717, 1.165) is 15.5 Å². The number of aryl methyl sites for hydroxylation is 1. The predicted molar refractivity (Wildman–Crippen MR) is 132 cm³/mol. The zero-order chi connectivity index (χ0) is 22.2. The van der Waals surface area contributed by atoms with E-state index in [1.165, 1.54) is 17.5 Å². The van der Waals surface area contributed by atoms with Gasteiger partial charge >= 0.3 is 0 Å². The summed E-state index contributed by atoms with van der Waals surface area (Å²) in [4.78, 5) is 25.6. The molecule has 3 aromatic rings. The monoisotopic (exact) mass is 451 g/mol.